The van der Waals surface area contributed by atoms with E-state index < -0.39 is 0 Å². The molecule has 0 saturated carbocycles. The molecule has 1 fully saturated rings. The molecule has 0 bridgehead atoms. The predicted molar refractivity (Wildman–Crippen MR) is 67.0 cm³/mol. The molecule has 16 heavy (non-hydrogen) atoms. The maximum Gasteiger partial charge on any atom is 0.0594 e. The van der Waals surface area contributed by atoms with Crippen LogP contribution in [-0.2, 0) is 4.74 Å². The molecular formula is C12H27N3O. The summed E-state index contributed by atoms with van der Waals surface area (Å²) in [5.41, 5.74) is 3.09. The Morgan fingerprint density at radius 1 is 1.38 bits per heavy atom. The lowest BCUT2D eigenvalue weighted by Crippen LogP contribution is -2.63. The first-order chi connectivity index (χ1) is 7.54. The number of nitrogens with zero attached hydrogens (tertiary/aromatic N) is 1. The fourth-order valence-corrected chi connectivity index (χ4v) is 2.64. The van der Waals surface area contributed by atoms with Crippen LogP contribution in [-0.4, -0.2) is 42.8 Å². The third-order valence-electron chi connectivity index (χ3n) is 3.98. The maximum atomic E-state index is 5.73. The molecule has 1 heterocycles. The number of hydrazine groups is 1. The first-order valence-corrected chi connectivity index (χ1v) is 6.33. The molecule has 4 heteroatoms. The molecule has 1 aliphatic rings. The molecule has 2 unspecified atom stereocenters. The maximum absolute atomic E-state index is 5.73. The molecule has 1 rings (SSSR count). The fraction of sp³-hybridized carbons (Fsp3) is 1.00. The zero-order chi connectivity index (χ0) is 12.2. The number of morpholine rings is 1. The van der Waals surface area contributed by atoms with Crippen molar-refractivity contribution in [3.63, 3.8) is 0 Å². The van der Waals surface area contributed by atoms with Gasteiger partial charge >= 0.3 is 0 Å². The van der Waals surface area contributed by atoms with Crippen LogP contribution in [0.1, 0.15) is 34.1 Å². The van der Waals surface area contributed by atoms with E-state index in [1.165, 1.54) is 0 Å². The van der Waals surface area contributed by atoms with Crippen LogP contribution in [0.25, 0.3) is 0 Å². The van der Waals surface area contributed by atoms with Gasteiger partial charge in [0, 0.05) is 24.7 Å². The molecule has 0 spiro atoms. The van der Waals surface area contributed by atoms with Crippen LogP contribution >= 0.6 is 0 Å². The van der Waals surface area contributed by atoms with Gasteiger partial charge in [-0.1, -0.05) is 20.3 Å². The van der Waals surface area contributed by atoms with Gasteiger partial charge in [0.1, 0.15) is 0 Å². The van der Waals surface area contributed by atoms with Gasteiger partial charge in [-0.25, -0.2) is 0 Å². The van der Waals surface area contributed by atoms with Gasteiger partial charge in [0.2, 0.25) is 0 Å². The summed E-state index contributed by atoms with van der Waals surface area (Å²) in [5.74, 6) is 6.31. The highest BCUT2D eigenvalue weighted by Gasteiger charge is 2.37. The van der Waals surface area contributed by atoms with Gasteiger partial charge in [-0.15, -0.1) is 0 Å². The Kier molecular flexibility index (Phi) is 5.18. The summed E-state index contributed by atoms with van der Waals surface area (Å²) in [5, 5.41) is 0. The van der Waals surface area contributed by atoms with E-state index in [0.717, 1.165) is 32.7 Å². The monoisotopic (exact) mass is 229 g/mol. The third-order valence-corrected chi connectivity index (χ3v) is 3.98. The minimum atomic E-state index is 0.0773. The first-order valence-electron chi connectivity index (χ1n) is 6.33. The number of ether oxygens (including phenoxy) is 1. The number of nitrogens with two attached hydrogens (primary N) is 1. The summed E-state index contributed by atoms with van der Waals surface area (Å²) in [6.45, 7) is 12.7. The van der Waals surface area contributed by atoms with Gasteiger partial charge in [0.15, 0.2) is 0 Å². The van der Waals surface area contributed by atoms with Gasteiger partial charge < -0.3 is 4.74 Å². The Labute approximate surface area is 99.5 Å². The number of hydrogen-bond donors (Lipinski definition) is 2. The normalized spacial score (nSPS) is 23.1. The molecular weight excluding hydrogens is 202 g/mol. The molecule has 1 aliphatic heterocycles. The second-order valence-electron chi connectivity index (χ2n) is 5.28. The zero-order valence-corrected chi connectivity index (χ0v) is 11.1. The molecule has 0 radical (unpaired) electrons. The van der Waals surface area contributed by atoms with Crippen molar-refractivity contribution >= 4 is 0 Å². The molecule has 0 aliphatic carbocycles. The van der Waals surface area contributed by atoms with Crippen LogP contribution in [0, 0.1) is 5.92 Å². The molecule has 0 aromatic rings. The topological polar surface area (TPSA) is 50.5 Å². The van der Waals surface area contributed by atoms with E-state index in [9.17, 15) is 0 Å². The Morgan fingerprint density at radius 2 is 1.94 bits per heavy atom. The zero-order valence-electron chi connectivity index (χ0n) is 11.1. The van der Waals surface area contributed by atoms with Crippen LogP contribution in [0.4, 0.5) is 0 Å². The highest BCUT2D eigenvalue weighted by atomic mass is 16.5. The van der Waals surface area contributed by atoms with E-state index in [4.69, 9.17) is 10.6 Å². The summed E-state index contributed by atoms with van der Waals surface area (Å²) < 4.78 is 5.40. The summed E-state index contributed by atoms with van der Waals surface area (Å²) in [6, 6.07) is 0.315. The molecule has 1 saturated heterocycles. The van der Waals surface area contributed by atoms with Gasteiger partial charge in [0.05, 0.1) is 13.2 Å². The summed E-state index contributed by atoms with van der Waals surface area (Å²) in [6.07, 6.45) is 1.14. The van der Waals surface area contributed by atoms with Crippen LogP contribution in [0.2, 0.25) is 0 Å². The van der Waals surface area contributed by atoms with Crippen molar-refractivity contribution in [1.82, 2.24) is 10.3 Å². The molecule has 3 N–H and O–H groups in total. The molecule has 0 amide bonds. The Morgan fingerprint density at radius 3 is 2.38 bits per heavy atom. The van der Waals surface area contributed by atoms with Gasteiger partial charge in [-0.05, 0) is 19.8 Å². The smallest absolute Gasteiger partial charge is 0.0594 e. The number of rotatable bonds is 5. The van der Waals surface area contributed by atoms with Gasteiger partial charge in [-0.2, -0.15) is 0 Å². The second kappa shape index (κ2) is 5.96. The molecule has 4 nitrogen and oxygen atoms in total. The van der Waals surface area contributed by atoms with Crippen LogP contribution in [0.3, 0.4) is 0 Å². The van der Waals surface area contributed by atoms with Crippen molar-refractivity contribution in [3.8, 4) is 0 Å². The van der Waals surface area contributed by atoms with Gasteiger partial charge in [0.25, 0.3) is 0 Å². The average molecular weight is 229 g/mol. The average Bonchev–Trinajstić information content (AvgIpc) is 2.30. The van der Waals surface area contributed by atoms with E-state index in [1.807, 2.05) is 0 Å². The highest BCUT2D eigenvalue weighted by molar-refractivity contribution is 4.95. The quantitative estimate of drug-likeness (QED) is 0.545. The molecule has 96 valence electrons. The van der Waals surface area contributed by atoms with Crippen LogP contribution < -0.4 is 11.3 Å². The number of hydrogen-bond acceptors (Lipinski definition) is 4. The minimum Gasteiger partial charge on any atom is -0.379 e. The van der Waals surface area contributed by atoms with E-state index in [-0.39, 0.29) is 5.54 Å². The molecule has 0 aromatic heterocycles. The van der Waals surface area contributed by atoms with Crippen molar-refractivity contribution in [3.05, 3.63) is 0 Å². The minimum absolute atomic E-state index is 0.0773. The predicted octanol–water partition coefficient (Wildman–Crippen LogP) is 0.975. The highest BCUT2D eigenvalue weighted by Crippen LogP contribution is 2.26. The van der Waals surface area contributed by atoms with E-state index in [1.54, 1.807) is 0 Å². The SMILES string of the molecule is CCC(C)C(NN)C(C)(C)N1CCOCC1. The Bertz CT molecular complexity index is 202. The van der Waals surface area contributed by atoms with E-state index >= 15 is 0 Å². The lowest BCUT2D eigenvalue weighted by Gasteiger charge is -2.47. The largest absolute Gasteiger partial charge is 0.379 e. The summed E-state index contributed by atoms with van der Waals surface area (Å²) >= 11 is 0. The Hall–Kier alpha value is -0.160. The second-order valence-corrected chi connectivity index (χ2v) is 5.28. The van der Waals surface area contributed by atoms with Crippen molar-refractivity contribution in [2.75, 3.05) is 26.3 Å². The van der Waals surface area contributed by atoms with Crippen LogP contribution in [0.5, 0.6) is 0 Å². The molecule has 0 aromatic carbocycles. The third kappa shape index (κ3) is 2.94. The number of nitrogens with one attached hydrogen (secondary N) is 1. The van der Waals surface area contributed by atoms with Gasteiger partial charge in [-0.3, -0.25) is 16.2 Å². The lowest BCUT2D eigenvalue weighted by atomic mass is 9.82. The van der Waals surface area contributed by atoms with E-state index in [2.05, 4.69) is 38.0 Å². The van der Waals surface area contributed by atoms with E-state index in [0.29, 0.717) is 12.0 Å². The Balaban J connectivity index is 2.71. The van der Waals surface area contributed by atoms with Crippen molar-refractivity contribution in [1.29, 1.82) is 0 Å². The summed E-state index contributed by atoms with van der Waals surface area (Å²) in [7, 11) is 0. The fourth-order valence-electron chi connectivity index (χ4n) is 2.64. The van der Waals surface area contributed by atoms with Crippen molar-refractivity contribution < 1.29 is 4.74 Å². The summed E-state index contributed by atoms with van der Waals surface area (Å²) in [4.78, 5) is 2.48. The molecule has 2 atom stereocenters. The van der Waals surface area contributed by atoms with Crippen LogP contribution in [0.15, 0.2) is 0 Å². The lowest BCUT2D eigenvalue weighted by molar-refractivity contribution is -0.0308. The van der Waals surface area contributed by atoms with Crippen molar-refractivity contribution in [2.45, 2.75) is 45.7 Å². The van der Waals surface area contributed by atoms with Crippen molar-refractivity contribution in [2.24, 2.45) is 11.8 Å². The first kappa shape index (κ1) is 13.9. The standard InChI is InChI=1S/C12H27N3O/c1-5-10(2)11(14-13)12(3,4)15-6-8-16-9-7-15/h10-11,14H,5-9,13H2,1-4H3.